The number of benzene rings is 2. The lowest BCUT2D eigenvalue weighted by Gasteiger charge is -2.21. The van der Waals surface area contributed by atoms with Crippen LogP contribution in [0.1, 0.15) is 21.5 Å². The van der Waals surface area contributed by atoms with Crippen LogP contribution in [0.5, 0.6) is 5.75 Å². The summed E-state index contributed by atoms with van der Waals surface area (Å²) in [5, 5.41) is 6.07. The van der Waals surface area contributed by atoms with Gasteiger partial charge < -0.3 is 26.0 Å². The third-order valence-electron chi connectivity index (χ3n) is 5.43. The van der Waals surface area contributed by atoms with E-state index in [1.807, 2.05) is 30.2 Å². The number of nitrogens with two attached hydrogens (primary N) is 1. The predicted molar refractivity (Wildman–Crippen MR) is 127 cm³/mol. The number of aliphatic imine (C=N–C) groups is 2. The fourth-order valence-corrected chi connectivity index (χ4v) is 3.87. The molecule has 1 atom stereocenters. The average molecular weight is 469 g/mol. The highest BCUT2D eigenvalue weighted by Gasteiger charge is 2.29. The second-order valence-electron chi connectivity index (χ2n) is 7.96. The van der Waals surface area contributed by atoms with E-state index in [1.165, 1.54) is 12.1 Å². The molecule has 8 nitrogen and oxygen atoms in total. The van der Waals surface area contributed by atoms with Crippen molar-refractivity contribution >= 4 is 23.3 Å². The molecule has 1 amide bonds. The zero-order valence-electron chi connectivity index (χ0n) is 18.7. The molecule has 2 aliphatic rings. The van der Waals surface area contributed by atoms with Gasteiger partial charge in [0.05, 0.1) is 6.04 Å². The van der Waals surface area contributed by atoms with Gasteiger partial charge in [-0.1, -0.05) is 12.1 Å². The largest absolute Gasteiger partial charge is 0.435 e. The van der Waals surface area contributed by atoms with E-state index in [4.69, 9.17) is 10.7 Å². The van der Waals surface area contributed by atoms with E-state index >= 15 is 0 Å². The summed E-state index contributed by atoms with van der Waals surface area (Å²) in [5.74, 6) is 1.32. The Labute approximate surface area is 196 Å². The highest BCUT2D eigenvalue weighted by Crippen LogP contribution is 2.22. The number of carbonyl (C=O) groups excluding carboxylic acids is 1. The van der Waals surface area contributed by atoms with Crippen LogP contribution in [-0.2, 0) is 6.42 Å². The van der Waals surface area contributed by atoms with Gasteiger partial charge in [0.1, 0.15) is 5.75 Å². The van der Waals surface area contributed by atoms with E-state index in [9.17, 15) is 13.6 Å². The van der Waals surface area contributed by atoms with E-state index in [2.05, 4.69) is 20.4 Å². The molecule has 4 N–H and O–H groups in total. The number of halogens is 2. The number of anilines is 1. The Morgan fingerprint density at radius 1 is 1.26 bits per heavy atom. The summed E-state index contributed by atoms with van der Waals surface area (Å²) in [5.41, 5.74) is 8.64. The predicted octanol–water partition coefficient (Wildman–Crippen LogP) is 2.91. The molecule has 0 fully saturated rings. The van der Waals surface area contributed by atoms with Crippen molar-refractivity contribution < 1.29 is 18.3 Å². The van der Waals surface area contributed by atoms with Gasteiger partial charge in [-0.2, -0.15) is 8.78 Å². The minimum absolute atomic E-state index is 0.0121. The summed E-state index contributed by atoms with van der Waals surface area (Å²) >= 11 is 0. The number of rotatable bonds is 8. The molecular weight excluding hydrogens is 442 g/mol. The number of aryl methyl sites for hydroxylation is 1. The number of ether oxygens (including phenoxy) is 1. The quantitative estimate of drug-likeness (QED) is 0.553. The van der Waals surface area contributed by atoms with Gasteiger partial charge in [-0.15, -0.1) is 0 Å². The molecule has 4 rings (SSSR count). The zero-order valence-corrected chi connectivity index (χ0v) is 18.7. The van der Waals surface area contributed by atoms with Gasteiger partial charge in [-0.25, -0.2) is 4.99 Å². The third-order valence-corrected chi connectivity index (χ3v) is 5.43. The van der Waals surface area contributed by atoms with Crippen molar-refractivity contribution in [3.8, 4) is 5.75 Å². The monoisotopic (exact) mass is 468 g/mol. The molecule has 0 bridgehead atoms. The van der Waals surface area contributed by atoms with Crippen LogP contribution < -0.4 is 21.1 Å². The van der Waals surface area contributed by atoms with Crippen LogP contribution in [0.2, 0.25) is 0 Å². The number of nitrogens with one attached hydrogen (secondary N) is 2. The molecular formula is C24H26F2N6O2. The van der Waals surface area contributed by atoms with Crippen LogP contribution in [0.15, 0.2) is 64.8 Å². The van der Waals surface area contributed by atoms with Crippen LogP contribution in [0.25, 0.3) is 0 Å². The lowest BCUT2D eigenvalue weighted by Crippen LogP contribution is -2.36. The van der Waals surface area contributed by atoms with E-state index in [0.717, 1.165) is 22.6 Å². The first-order chi connectivity index (χ1) is 16.4. The van der Waals surface area contributed by atoms with Crippen molar-refractivity contribution in [2.24, 2.45) is 15.7 Å². The minimum Gasteiger partial charge on any atom is -0.435 e. The number of amides is 1. The first-order valence-electron chi connectivity index (χ1n) is 10.9. The smallest absolute Gasteiger partial charge is 0.387 e. The first-order valence-corrected chi connectivity index (χ1v) is 10.9. The SMILES string of the molecule is Cc1cc(NC2=NC=CN3CC(Cc4ccc(OC(F)F)cc4)N=C23)ccc1C(=O)NCCN. The molecule has 0 saturated carbocycles. The lowest BCUT2D eigenvalue weighted by atomic mass is 10.1. The molecule has 0 saturated heterocycles. The molecule has 0 spiro atoms. The summed E-state index contributed by atoms with van der Waals surface area (Å²) in [6.45, 7) is 0.523. The number of fused-ring (bicyclic) bond motifs is 1. The topological polar surface area (TPSA) is 104 Å². The van der Waals surface area contributed by atoms with Crippen molar-refractivity contribution in [1.29, 1.82) is 0 Å². The van der Waals surface area contributed by atoms with Crippen molar-refractivity contribution in [2.45, 2.75) is 26.0 Å². The molecule has 34 heavy (non-hydrogen) atoms. The fourth-order valence-electron chi connectivity index (χ4n) is 3.87. The number of nitrogens with zero attached hydrogens (tertiary/aromatic N) is 3. The van der Waals surface area contributed by atoms with Crippen LogP contribution >= 0.6 is 0 Å². The zero-order chi connectivity index (χ0) is 24.1. The van der Waals surface area contributed by atoms with Gasteiger partial charge in [0.2, 0.25) is 0 Å². The normalized spacial score (nSPS) is 16.7. The van der Waals surface area contributed by atoms with Gasteiger partial charge in [-0.3, -0.25) is 9.79 Å². The van der Waals surface area contributed by atoms with Gasteiger partial charge >= 0.3 is 6.61 Å². The number of hydrogen-bond donors (Lipinski definition) is 3. The van der Waals surface area contributed by atoms with Crippen LogP contribution in [0.4, 0.5) is 14.5 Å². The molecule has 1 unspecified atom stereocenters. The Bertz CT molecular complexity index is 1130. The van der Waals surface area contributed by atoms with E-state index < -0.39 is 6.61 Å². The minimum atomic E-state index is -2.84. The van der Waals surface area contributed by atoms with Gasteiger partial charge in [0, 0.05) is 43.3 Å². The lowest BCUT2D eigenvalue weighted by molar-refractivity contribution is -0.0498. The van der Waals surface area contributed by atoms with Crippen LogP contribution in [0, 0.1) is 6.92 Å². The fraction of sp³-hybridized carbons (Fsp3) is 0.292. The van der Waals surface area contributed by atoms with Crippen LogP contribution in [0.3, 0.4) is 0 Å². The first kappa shape index (κ1) is 23.4. The van der Waals surface area contributed by atoms with Gasteiger partial charge in [-0.05, 0) is 54.8 Å². The van der Waals surface area contributed by atoms with Crippen molar-refractivity contribution in [3.05, 3.63) is 71.6 Å². The summed E-state index contributed by atoms with van der Waals surface area (Å²) in [7, 11) is 0. The van der Waals surface area contributed by atoms with Crippen molar-refractivity contribution in [3.63, 3.8) is 0 Å². The Hall–Kier alpha value is -3.79. The van der Waals surface area contributed by atoms with Crippen molar-refractivity contribution in [1.82, 2.24) is 10.2 Å². The molecule has 0 aromatic heterocycles. The summed E-state index contributed by atoms with van der Waals surface area (Å²) in [4.78, 5) is 23.5. The second kappa shape index (κ2) is 10.4. The number of amidine groups is 2. The van der Waals surface area contributed by atoms with Crippen LogP contribution in [-0.4, -0.2) is 54.8 Å². The van der Waals surface area contributed by atoms with E-state index in [-0.39, 0.29) is 17.7 Å². The molecule has 2 aromatic rings. The average Bonchev–Trinajstić information content (AvgIpc) is 3.22. The Morgan fingerprint density at radius 3 is 2.76 bits per heavy atom. The summed E-state index contributed by atoms with van der Waals surface area (Å²) in [6, 6.07) is 12.1. The molecule has 0 aliphatic carbocycles. The van der Waals surface area contributed by atoms with Gasteiger partial charge in [0.25, 0.3) is 5.91 Å². The Balaban J connectivity index is 1.42. The van der Waals surface area contributed by atoms with Gasteiger partial charge in [0.15, 0.2) is 11.7 Å². The molecule has 10 heteroatoms. The Kier molecular flexibility index (Phi) is 7.17. The number of carbonyl (C=O) groups is 1. The standard InChI is InChI=1S/C24H26F2N6O2/c1-15-12-17(4-7-20(15)23(33)29-9-8-27)30-21-22-31-18(14-32(22)11-10-28-21)13-16-2-5-19(6-3-16)34-24(25)26/h2-7,10-12,18,24H,8-9,13-14,27H2,1H3,(H,28,30)(H,29,33). The third kappa shape index (κ3) is 5.57. The molecule has 2 aromatic carbocycles. The molecule has 2 aliphatic heterocycles. The van der Waals surface area contributed by atoms with Crippen molar-refractivity contribution in [2.75, 3.05) is 25.0 Å². The highest BCUT2D eigenvalue weighted by atomic mass is 19.3. The highest BCUT2D eigenvalue weighted by molar-refractivity contribution is 6.45. The Morgan fingerprint density at radius 2 is 2.06 bits per heavy atom. The van der Waals surface area contributed by atoms with E-state index in [0.29, 0.717) is 37.5 Å². The summed E-state index contributed by atoms with van der Waals surface area (Å²) in [6.07, 6.45) is 4.24. The molecule has 2 heterocycles. The maximum absolute atomic E-state index is 12.3. The number of hydrogen-bond acceptors (Lipinski definition) is 7. The molecule has 178 valence electrons. The molecule has 0 radical (unpaired) electrons. The second-order valence-corrected chi connectivity index (χ2v) is 7.96. The summed E-state index contributed by atoms with van der Waals surface area (Å²) < 4.78 is 29.1. The van der Waals surface area contributed by atoms with E-state index in [1.54, 1.807) is 24.4 Å². The maximum atomic E-state index is 12.3. The maximum Gasteiger partial charge on any atom is 0.387 e. The number of alkyl halides is 2.